The van der Waals surface area contributed by atoms with Gasteiger partial charge in [0.15, 0.2) is 0 Å². The molecule has 1 aliphatic rings. The first-order valence-electron chi connectivity index (χ1n) is 14.2. The molecule has 0 saturated heterocycles. The number of hydrogen-bond acceptors (Lipinski definition) is 6. The van der Waals surface area contributed by atoms with Gasteiger partial charge in [0.05, 0.1) is 11.3 Å². The fraction of sp³-hybridized carbons (Fsp3) is 0.375. The van der Waals surface area contributed by atoms with Gasteiger partial charge in [-0.05, 0) is 66.8 Å². The molecule has 0 amide bonds. The fourth-order valence-electron chi connectivity index (χ4n) is 5.69. The van der Waals surface area contributed by atoms with Crippen molar-refractivity contribution in [3.05, 3.63) is 95.0 Å². The summed E-state index contributed by atoms with van der Waals surface area (Å²) in [5, 5.41) is 5.07. The van der Waals surface area contributed by atoms with Gasteiger partial charge >= 0.3 is 0 Å². The highest BCUT2D eigenvalue weighted by atomic mass is 35.5. The summed E-state index contributed by atoms with van der Waals surface area (Å²) in [6.07, 6.45) is 4.06. The molecule has 0 spiro atoms. The van der Waals surface area contributed by atoms with Crippen LogP contribution in [0.3, 0.4) is 0 Å². The van der Waals surface area contributed by atoms with E-state index in [1.165, 1.54) is 0 Å². The maximum atomic E-state index is 13.3. The minimum absolute atomic E-state index is 0.0410. The monoisotopic (exact) mass is 591 g/mol. The van der Waals surface area contributed by atoms with Gasteiger partial charge in [0.2, 0.25) is 16.0 Å². The summed E-state index contributed by atoms with van der Waals surface area (Å²) in [5.41, 5.74) is 2.69. The Morgan fingerprint density at radius 2 is 1.49 bits per heavy atom. The van der Waals surface area contributed by atoms with E-state index in [1.54, 1.807) is 0 Å². The summed E-state index contributed by atoms with van der Waals surface area (Å²) < 4.78 is 29.4. The van der Waals surface area contributed by atoms with E-state index < -0.39 is 10.0 Å². The lowest BCUT2D eigenvalue weighted by atomic mass is 9.82. The summed E-state index contributed by atoms with van der Waals surface area (Å²) in [5.74, 6) is 2.00. The minimum atomic E-state index is -3.52. The van der Waals surface area contributed by atoms with Crippen LogP contribution in [0.25, 0.3) is 10.9 Å². The molecule has 1 fully saturated rings. The van der Waals surface area contributed by atoms with Crippen LogP contribution in [0.4, 0.5) is 11.8 Å². The summed E-state index contributed by atoms with van der Waals surface area (Å²) in [4.78, 5) is 11.5. The van der Waals surface area contributed by atoms with Crippen LogP contribution in [0, 0.1) is 11.8 Å². The average Bonchev–Trinajstić information content (AvgIpc) is 2.99. The molecule has 5 rings (SSSR count). The summed E-state index contributed by atoms with van der Waals surface area (Å²) >= 11 is 6.49. The SMILES string of the molecule is CN(C)c1nc(NCC2CCC(CNS(=O)(=O)CC(c3ccccc3)c3ccccc3Cl)CC2)nc2ccccc12. The molecule has 216 valence electrons. The zero-order chi connectivity index (χ0) is 28.8. The van der Waals surface area contributed by atoms with E-state index in [2.05, 4.69) is 10.0 Å². The highest BCUT2D eigenvalue weighted by Crippen LogP contribution is 2.32. The Bertz CT molecular complexity index is 1560. The van der Waals surface area contributed by atoms with Crippen LogP contribution in [-0.4, -0.2) is 51.3 Å². The number of para-hydroxylation sites is 1. The van der Waals surface area contributed by atoms with Crippen molar-refractivity contribution < 1.29 is 8.42 Å². The van der Waals surface area contributed by atoms with Crippen LogP contribution in [0.5, 0.6) is 0 Å². The Labute approximate surface area is 248 Å². The molecule has 0 bridgehead atoms. The van der Waals surface area contributed by atoms with Crippen molar-refractivity contribution in [2.75, 3.05) is 43.2 Å². The van der Waals surface area contributed by atoms with Crippen LogP contribution in [-0.2, 0) is 10.0 Å². The number of fused-ring (bicyclic) bond motifs is 1. The second kappa shape index (κ2) is 13.2. The van der Waals surface area contributed by atoms with Crippen LogP contribution in [0.15, 0.2) is 78.9 Å². The molecule has 7 nitrogen and oxygen atoms in total. The average molecular weight is 592 g/mol. The molecule has 1 heterocycles. The largest absolute Gasteiger partial charge is 0.362 e. The van der Waals surface area contributed by atoms with Gasteiger partial charge in [-0.25, -0.2) is 18.1 Å². The lowest BCUT2D eigenvalue weighted by Crippen LogP contribution is -2.35. The molecule has 4 aromatic rings. The lowest BCUT2D eigenvalue weighted by Gasteiger charge is -2.29. The second-order valence-electron chi connectivity index (χ2n) is 11.2. The van der Waals surface area contributed by atoms with E-state index in [9.17, 15) is 8.42 Å². The molecule has 1 unspecified atom stereocenters. The number of rotatable bonds is 11. The van der Waals surface area contributed by atoms with E-state index in [-0.39, 0.29) is 11.7 Å². The highest BCUT2D eigenvalue weighted by Gasteiger charge is 2.27. The number of nitrogens with zero attached hydrogens (tertiary/aromatic N) is 3. The smallest absolute Gasteiger partial charge is 0.225 e. The maximum Gasteiger partial charge on any atom is 0.225 e. The maximum absolute atomic E-state index is 13.3. The van der Waals surface area contributed by atoms with Gasteiger partial charge in [0, 0.05) is 43.5 Å². The predicted molar refractivity (Wildman–Crippen MR) is 169 cm³/mol. The van der Waals surface area contributed by atoms with Crippen molar-refractivity contribution in [1.29, 1.82) is 0 Å². The molecule has 0 radical (unpaired) electrons. The van der Waals surface area contributed by atoms with Crippen molar-refractivity contribution in [2.45, 2.75) is 31.6 Å². The van der Waals surface area contributed by atoms with Gasteiger partial charge in [-0.1, -0.05) is 72.3 Å². The number of halogens is 1. The van der Waals surface area contributed by atoms with Gasteiger partial charge in [-0.3, -0.25) is 0 Å². The summed E-state index contributed by atoms with van der Waals surface area (Å²) in [6.45, 7) is 1.27. The lowest BCUT2D eigenvalue weighted by molar-refractivity contribution is 0.284. The number of aromatic nitrogens is 2. The fourth-order valence-corrected chi connectivity index (χ4v) is 7.37. The topological polar surface area (TPSA) is 87.2 Å². The third-order valence-corrected chi connectivity index (χ3v) is 9.71. The van der Waals surface area contributed by atoms with Gasteiger partial charge < -0.3 is 10.2 Å². The molecular formula is C32H38ClN5O2S. The van der Waals surface area contributed by atoms with E-state index in [0.29, 0.717) is 29.4 Å². The number of hydrogen-bond donors (Lipinski definition) is 2. The Kier molecular flexibility index (Phi) is 9.42. The predicted octanol–water partition coefficient (Wildman–Crippen LogP) is 6.32. The van der Waals surface area contributed by atoms with Crippen molar-refractivity contribution in [3.8, 4) is 0 Å². The quantitative estimate of drug-likeness (QED) is 0.212. The number of sulfonamides is 1. The normalized spacial score (nSPS) is 18.2. The number of anilines is 2. The molecule has 1 aromatic heterocycles. The molecular weight excluding hydrogens is 554 g/mol. The van der Waals surface area contributed by atoms with Crippen LogP contribution in [0.2, 0.25) is 5.02 Å². The van der Waals surface area contributed by atoms with E-state index in [4.69, 9.17) is 21.6 Å². The first-order valence-corrected chi connectivity index (χ1v) is 16.3. The molecule has 1 atom stereocenters. The van der Waals surface area contributed by atoms with Gasteiger partial charge in [-0.15, -0.1) is 0 Å². The van der Waals surface area contributed by atoms with Crippen molar-refractivity contribution in [1.82, 2.24) is 14.7 Å². The zero-order valence-electron chi connectivity index (χ0n) is 23.6. The molecule has 1 saturated carbocycles. The number of nitrogens with one attached hydrogen (secondary N) is 2. The van der Waals surface area contributed by atoms with Crippen molar-refractivity contribution in [3.63, 3.8) is 0 Å². The molecule has 41 heavy (non-hydrogen) atoms. The number of benzene rings is 3. The molecule has 9 heteroatoms. The summed E-state index contributed by atoms with van der Waals surface area (Å²) in [6, 6.07) is 25.3. The highest BCUT2D eigenvalue weighted by molar-refractivity contribution is 7.89. The van der Waals surface area contributed by atoms with Gasteiger partial charge in [0.25, 0.3) is 0 Å². The zero-order valence-corrected chi connectivity index (χ0v) is 25.2. The van der Waals surface area contributed by atoms with Crippen molar-refractivity contribution >= 4 is 44.3 Å². The Hall–Kier alpha value is -3.20. The van der Waals surface area contributed by atoms with Crippen LogP contribution < -0.4 is 14.9 Å². The molecule has 0 aliphatic heterocycles. The van der Waals surface area contributed by atoms with Crippen molar-refractivity contribution in [2.24, 2.45) is 11.8 Å². The molecule has 2 N–H and O–H groups in total. The Balaban J connectivity index is 1.14. The standard InChI is InChI=1S/C32H38ClN5O2S/c1-38(2)31-27-13-7-9-15-30(27)36-32(37-31)34-20-23-16-18-24(19-17-23)21-35-41(39,40)22-28(25-10-4-3-5-11-25)26-12-6-8-14-29(26)33/h3-15,23-24,28,35H,16-22H2,1-2H3,(H,34,36,37). The van der Waals surface area contributed by atoms with Gasteiger partial charge in [0.1, 0.15) is 5.82 Å². The van der Waals surface area contributed by atoms with E-state index in [1.807, 2.05) is 97.9 Å². The first-order chi connectivity index (χ1) is 19.8. The third kappa shape index (κ3) is 7.56. The third-order valence-electron chi connectivity index (χ3n) is 7.98. The summed E-state index contributed by atoms with van der Waals surface area (Å²) in [7, 11) is 0.462. The molecule has 1 aliphatic carbocycles. The van der Waals surface area contributed by atoms with E-state index in [0.717, 1.165) is 60.1 Å². The first kappa shape index (κ1) is 29.3. The second-order valence-corrected chi connectivity index (χ2v) is 13.4. The van der Waals surface area contributed by atoms with Gasteiger partial charge in [-0.2, -0.15) is 4.98 Å². The van der Waals surface area contributed by atoms with Crippen LogP contribution >= 0.6 is 11.6 Å². The van der Waals surface area contributed by atoms with E-state index >= 15 is 0 Å². The minimum Gasteiger partial charge on any atom is -0.362 e. The molecule has 3 aromatic carbocycles. The van der Waals surface area contributed by atoms with Crippen LogP contribution in [0.1, 0.15) is 42.7 Å². The Morgan fingerprint density at radius 1 is 0.854 bits per heavy atom. The Morgan fingerprint density at radius 3 is 2.20 bits per heavy atom.